The Bertz CT molecular complexity index is 430. The van der Waals surface area contributed by atoms with E-state index in [1.807, 2.05) is 19.1 Å². The average Bonchev–Trinajstić information content (AvgIpc) is 2.37. The van der Waals surface area contributed by atoms with E-state index in [1.165, 1.54) is 0 Å². The number of hydrogen-bond donors (Lipinski definition) is 2. The van der Waals surface area contributed by atoms with Crippen molar-refractivity contribution in [1.29, 1.82) is 0 Å². The van der Waals surface area contributed by atoms with Gasteiger partial charge in [0, 0.05) is 31.0 Å². The van der Waals surface area contributed by atoms with Gasteiger partial charge in [-0.2, -0.15) is 0 Å². The number of benzene rings is 1. The fourth-order valence-corrected chi connectivity index (χ4v) is 1.74. The van der Waals surface area contributed by atoms with Crippen molar-refractivity contribution in [1.82, 2.24) is 0 Å². The molecule has 0 fully saturated rings. The smallest absolute Gasteiger partial charge is 0.224 e. The highest BCUT2D eigenvalue weighted by molar-refractivity contribution is 5.91. The Morgan fingerprint density at radius 3 is 2.80 bits per heavy atom. The molecule has 0 spiro atoms. The number of nitrogens with one attached hydrogen (secondary N) is 1. The third kappa shape index (κ3) is 6.57. The molecular weight excluding hydrogens is 252 g/mol. The normalized spacial score (nSPS) is 10.8. The van der Waals surface area contributed by atoms with Crippen molar-refractivity contribution >= 4 is 17.3 Å². The molecule has 0 bridgehead atoms. The van der Waals surface area contributed by atoms with E-state index in [9.17, 15) is 4.79 Å². The van der Waals surface area contributed by atoms with Crippen molar-refractivity contribution in [2.24, 2.45) is 5.92 Å². The van der Waals surface area contributed by atoms with Gasteiger partial charge in [-0.15, -0.1) is 0 Å². The lowest BCUT2D eigenvalue weighted by Gasteiger charge is -2.09. The van der Waals surface area contributed by atoms with Crippen LogP contribution >= 0.6 is 0 Å². The molecule has 4 nitrogen and oxygen atoms in total. The predicted octanol–water partition coefficient (Wildman–Crippen LogP) is 3.36. The number of amides is 1. The van der Waals surface area contributed by atoms with E-state index >= 15 is 0 Å². The molecule has 0 aromatic heterocycles. The SMILES string of the molecule is Cc1ccc(N)cc1NC(=O)CCCOCCC(C)C. The molecule has 20 heavy (non-hydrogen) atoms. The van der Waals surface area contributed by atoms with Crippen LogP contribution < -0.4 is 11.1 Å². The van der Waals surface area contributed by atoms with Gasteiger partial charge in [0.2, 0.25) is 5.91 Å². The molecule has 1 aromatic rings. The van der Waals surface area contributed by atoms with Crippen molar-refractivity contribution < 1.29 is 9.53 Å². The van der Waals surface area contributed by atoms with Gasteiger partial charge in [-0.05, 0) is 43.4 Å². The Labute approximate surface area is 121 Å². The molecule has 0 aliphatic heterocycles. The number of rotatable bonds is 8. The molecule has 0 saturated heterocycles. The molecule has 0 atom stereocenters. The number of hydrogen-bond acceptors (Lipinski definition) is 3. The Morgan fingerprint density at radius 2 is 2.10 bits per heavy atom. The Balaban J connectivity index is 2.22. The molecule has 0 radical (unpaired) electrons. The second-order valence-electron chi connectivity index (χ2n) is 5.52. The standard InChI is InChI=1S/C16H26N2O2/c1-12(2)8-10-20-9-4-5-16(19)18-15-11-14(17)7-6-13(15)3/h6-7,11-12H,4-5,8-10,17H2,1-3H3,(H,18,19). The van der Waals surface area contributed by atoms with E-state index in [4.69, 9.17) is 10.5 Å². The van der Waals surface area contributed by atoms with Crippen molar-refractivity contribution in [3.8, 4) is 0 Å². The van der Waals surface area contributed by atoms with Gasteiger partial charge >= 0.3 is 0 Å². The lowest BCUT2D eigenvalue weighted by atomic mass is 10.1. The number of carbonyl (C=O) groups is 1. The zero-order valence-electron chi connectivity index (χ0n) is 12.7. The maximum absolute atomic E-state index is 11.8. The maximum Gasteiger partial charge on any atom is 0.224 e. The third-order valence-corrected chi connectivity index (χ3v) is 3.07. The summed E-state index contributed by atoms with van der Waals surface area (Å²) in [5.74, 6) is 0.663. The summed E-state index contributed by atoms with van der Waals surface area (Å²) < 4.78 is 5.49. The number of anilines is 2. The third-order valence-electron chi connectivity index (χ3n) is 3.07. The van der Waals surface area contributed by atoms with Crippen molar-refractivity contribution in [3.05, 3.63) is 23.8 Å². The van der Waals surface area contributed by atoms with Crippen LogP contribution in [0.5, 0.6) is 0 Å². The molecule has 112 valence electrons. The number of aryl methyl sites for hydroxylation is 1. The van der Waals surface area contributed by atoms with Crippen LogP contribution in [0.1, 0.15) is 38.7 Å². The highest BCUT2D eigenvalue weighted by atomic mass is 16.5. The van der Waals surface area contributed by atoms with Gasteiger partial charge in [-0.1, -0.05) is 19.9 Å². The molecule has 1 rings (SSSR count). The number of nitrogen functional groups attached to an aromatic ring is 1. The minimum Gasteiger partial charge on any atom is -0.399 e. The summed E-state index contributed by atoms with van der Waals surface area (Å²) in [6.45, 7) is 7.70. The summed E-state index contributed by atoms with van der Waals surface area (Å²) >= 11 is 0. The fraction of sp³-hybridized carbons (Fsp3) is 0.562. The van der Waals surface area contributed by atoms with Gasteiger partial charge in [-0.3, -0.25) is 4.79 Å². The average molecular weight is 278 g/mol. The topological polar surface area (TPSA) is 64.3 Å². The first kappa shape index (κ1) is 16.5. The second kappa shape index (κ2) is 8.59. The first-order valence-electron chi connectivity index (χ1n) is 7.22. The quantitative estimate of drug-likeness (QED) is 0.566. The van der Waals surface area contributed by atoms with Crippen LogP contribution in [0.3, 0.4) is 0 Å². The summed E-state index contributed by atoms with van der Waals surface area (Å²) in [4.78, 5) is 11.8. The van der Waals surface area contributed by atoms with Crippen LogP contribution in [0.2, 0.25) is 0 Å². The van der Waals surface area contributed by atoms with Crippen LogP contribution in [-0.2, 0) is 9.53 Å². The first-order valence-corrected chi connectivity index (χ1v) is 7.22. The summed E-state index contributed by atoms with van der Waals surface area (Å²) in [5, 5.41) is 2.89. The van der Waals surface area contributed by atoms with Crippen LogP contribution in [0.25, 0.3) is 0 Å². The molecule has 3 N–H and O–H groups in total. The zero-order valence-corrected chi connectivity index (χ0v) is 12.7. The molecule has 0 heterocycles. The predicted molar refractivity (Wildman–Crippen MR) is 83.7 cm³/mol. The van der Waals surface area contributed by atoms with Gasteiger partial charge in [0.25, 0.3) is 0 Å². The molecule has 0 unspecified atom stereocenters. The largest absolute Gasteiger partial charge is 0.399 e. The van der Waals surface area contributed by atoms with Crippen molar-refractivity contribution in [3.63, 3.8) is 0 Å². The summed E-state index contributed by atoms with van der Waals surface area (Å²) in [7, 11) is 0. The molecule has 1 aromatic carbocycles. The highest BCUT2D eigenvalue weighted by Crippen LogP contribution is 2.18. The fourth-order valence-electron chi connectivity index (χ4n) is 1.74. The number of ether oxygens (including phenoxy) is 1. The molecule has 4 heteroatoms. The van der Waals surface area contributed by atoms with Crippen LogP contribution in [0.4, 0.5) is 11.4 Å². The van der Waals surface area contributed by atoms with Crippen LogP contribution in [-0.4, -0.2) is 19.1 Å². The zero-order chi connectivity index (χ0) is 15.0. The van der Waals surface area contributed by atoms with Gasteiger partial charge in [0.1, 0.15) is 0 Å². The van der Waals surface area contributed by atoms with Gasteiger partial charge in [0.05, 0.1) is 0 Å². The van der Waals surface area contributed by atoms with E-state index in [0.29, 0.717) is 24.6 Å². The van der Waals surface area contributed by atoms with Crippen molar-refractivity contribution in [2.45, 2.75) is 40.0 Å². The minimum atomic E-state index is 0.00570. The van der Waals surface area contributed by atoms with Crippen molar-refractivity contribution in [2.75, 3.05) is 24.3 Å². The first-order chi connectivity index (χ1) is 9.49. The van der Waals surface area contributed by atoms with E-state index in [2.05, 4.69) is 19.2 Å². The second-order valence-corrected chi connectivity index (χ2v) is 5.52. The highest BCUT2D eigenvalue weighted by Gasteiger charge is 2.05. The number of carbonyl (C=O) groups excluding carboxylic acids is 1. The molecule has 0 aliphatic carbocycles. The minimum absolute atomic E-state index is 0.00570. The van der Waals surface area contributed by atoms with E-state index in [0.717, 1.165) is 30.7 Å². The number of nitrogens with two attached hydrogens (primary N) is 1. The summed E-state index contributed by atoms with van der Waals surface area (Å²) in [6, 6.07) is 5.51. The molecule has 0 saturated carbocycles. The summed E-state index contributed by atoms with van der Waals surface area (Å²) in [6.07, 6.45) is 2.27. The Kier molecular flexibility index (Phi) is 7.09. The van der Waals surface area contributed by atoms with Crippen LogP contribution in [0, 0.1) is 12.8 Å². The lowest BCUT2D eigenvalue weighted by Crippen LogP contribution is -2.13. The van der Waals surface area contributed by atoms with Gasteiger partial charge in [0.15, 0.2) is 0 Å². The van der Waals surface area contributed by atoms with E-state index < -0.39 is 0 Å². The molecular formula is C16H26N2O2. The summed E-state index contributed by atoms with van der Waals surface area (Å²) in [5.41, 5.74) is 8.17. The van der Waals surface area contributed by atoms with E-state index in [-0.39, 0.29) is 5.91 Å². The van der Waals surface area contributed by atoms with Gasteiger partial charge < -0.3 is 15.8 Å². The maximum atomic E-state index is 11.8. The Hall–Kier alpha value is -1.55. The van der Waals surface area contributed by atoms with Crippen LogP contribution in [0.15, 0.2) is 18.2 Å². The van der Waals surface area contributed by atoms with Gasteiger partial charge in [-0.25, -0.2) is 0 Å². The molecule has 0 aliphatic rings. The monoisotopic (exact) mass is 278 g/mol. The van der Waals surface area contributed by atoms with E-state index in [1.54, 1.807) is 6.07 Å². The lowest BCUT2D eigenvalue weighted by molar-refractivity contribution is -0.116. The molecule has 1 amide bonds. The Morgan fingerprint density at radius 1 is 1.35 bits per heavy atom.